The monoisotopic (exact) mass is 589 g/mol. The first kappa shape index (κ1) is 30.4. The summed E-state index contributed by atoms with van der Waals surface area (Å²) < 4.78 is 17.2. The lowest BCUT2D eigenvalue weighted by Crippen LogP contribution is -2.45. The van der Waals surface area contributed by atoms with Crippen molar-refractivity contribution in [1.82, 2.24) is 10.6 Å². The van der Waals surface area contributed by atoms with Crippen LogP contribution in [0.25, 0.3) is 11.1 Å². The molecule has 3 aliphatic carbocycles. The zero-order chi connectivity index (χ0) is 30.8. The highest BCUT2D eigenvalue weighted by Gasteiger charge is 2.36. The summed E-state index contributed by atoms with van der Waals surface area (Å²) in [6.45, 7) is 6.04. The van der Waals surface area contributed by atoms with E-state index in [9.17, 15) is 14.4 Å². The van der Waals surface area contributed by atoms with E-state index < -0.39 is 12.1 Å². The zero-order valence-electron chi connectivity index (χ0n) is 25.9. The number of benzene rings is 1. The van der Waals surface area contributed by atoms with Crippen LogP contribution < -0.4 is 35.6 Å². The van der Waals surface area contributed by atoms with E-state index in [1.807, 2.05) is 26.0 Å². The smallest absolute Gasteiger partial charge is 0.242 e. The summed E-state index contributed by atoms with van der Waals surface area (Å²) in [7, 11) is 4.70. The molecular formula is C34H43N3O6. The minimum Gasteiger partial charge on any atom is -0.493 e. The largest absolute Gasteiger partial charge is 0.493 e. The van der Waals surface area contributed by atoms with Crippen molar-refractivity contribution in [3.05, 3.63) is 57.8 Å². The Morgan fingerprint density at radius 2 is 1.77 bits per heavy atom. The summed E-state index contributed by atoms with van der Waals surface area (Å²) in [5.74, 6) is 2.75. The fourth-order valence-corrected chi connectivity index (χ4v) is 7.00. The Balaban J connectivity index is 1.53. The van der Waals surface area contributed by atoms with Crippen LogP contribution in [-0.2, 0) is 16.0 Å². The first-order chi connectivity index (χ1) is 20.6. The van der Waals surface area contributed by atoms with Gasteiger partial charge in [-0.25, -0.2) is 0 Å². The van der Waals surface area contributed by atoms with E-state index in [2.05, 4.69) is 28.1 Å². The van der Waals surface area contributed by atoms with Gasteiger partial charge in [0.25, 0.3) is 0 Å². The van der Waals surface area contributed by atoms with Gasteiger partial charge in [-0.15, -0.1) is 0 Å². The molecule has 2 aromatic carbocycles. The minimum absolute atomic E-state index is 0.0627. The van der Waals surface area contributed by atoms with Crippen LogP contribution in [0, 0.1) is 23.7 Å². The number of anilines is 1. The fraction of sp³-hybridized carbons (Fsp3) is 0.500. The molecule has 9 nitrogen and oxygen atoms in total. The molecule has 5 rings (SSSR count). The lowest BCUT2D eigenvalue weighted by atomic mass is 9.93. The summed E-state index contributed by atoms with van der Waals surface area (Å²) in [4.78, 5) is 39.4. The summed E-state index contributed by atoms with van der Waals surface area (Å²) in [5, 5.41) is 9.45. The maximum atomic E-state index is 13.8. The third kappa shape index (κ3) is 6.08. The second-order valence-corrected chi connectivity index (χ2v) is 12.2. The van der Waals surface area contributed by atoms with Crippen LogP contribution in [0.5, 0.6) is 17.2 Å². The van der Waals surface area contributed by atoms with Gasteiger partial charge in [0.2, 0.25) is 23.0 Å². The molecule has 230 valence electrons. The molecule has 43 heavy (non-hydrogen) atoms. The van der Waals surface area contributed by atoms with Gasteiger partial charge in [0.1, 0.15) is 6.04 Å². The van der Waals surface area contributed by atoms with E-state index in [1.165, 1.54) is 13.3 Å². The summed E-state index contributed by atoms with van der Waals surface area (Å²) in [5.41, 5.74) is 3.19. The number of allylic oxidation sites excluding steroid dienone is 2. The highest BCUT2D eigenvalue weighted by atomic mass is 16.5. The number of methoxy groups -OCH3 is 3. The molecule has 1 fully saturated rings. The molecule has 2 bridgehead atoms. The average molecular weight is 590 g/mol. The normalized spacial score (nSPS) is 22.2. The van der Waals surface area contributed by atoms with Gasteiger partial charge < -0.3 is 30.2 Å². The second kappa shape index (κ2) is 12.7. The number of rotatable bonds is 10. The van der Waals surface area contributed by atoms with E-state index in [0.29, 0.717) is 65.6 Å². The number of amides is 2. The van der Waals surface area contributed by atoms with Crippen molar-refractivity contribution < 1.29 is 23.8 Å². The first-order valence-corrected chi connectivity index (χ1v) is 15.1. The summed E-state index contributed by atoms with van der Waals surface area (Å²) in [6.07, 6.45) is 8.06. The van der Waals surface area contributed by atoms with Crippen molar-refractivity contribution in [2.24, 2.45) is 23.7 Å². The van der Waals surface area contributed by atoms with Gasteiger partial charge in [0.05, 0.1) is 33.1 Å². The predicted molar refractivity (Wildman–Crippen MR) is 167 cm³/mol. The first-order valence-electron chi connectivity index (χ1n) is 15.1. The fourth-order valence-electron chi connectivity index (χ4n) is 7.00. The minimum atomic E-state index is -0.596. The molecule has 9 heteroatoms. The van der Waals surface area contributed by atoms with Gasteiger partial charge in [-0.05, 0) is 84.2 Å². The van der Waals surface area contributed by atoms with E-state index in [0.717, 1.165) is 23.1 Å². The Hall–Kier alpha value is -4.01. The number of nitrogens with one attached hydrogen (secondary N) is 3. The summed E-state index contributed by atoms with van der Waals surface area (Å²) >= 11 is 0. The molecule has 2 amide bonds. The van der Waals surface area contributed by atoms with Crippen LogP contribution in [0.4, 0.5) is 5.69 Å². The second-order valence-electron chi connectivity index (χ2n) is 12.2. The van der Waals surface area contributed by atoms with Crippen molar-refractivity contribution in [1.29, 1.82) is 0 Å². The van der Waals surface area contributed by atoms with E-state index in [4.69, 9.17) is 14.2 Å². The van der Waals surface area contributed by atoms with Gasteiger partial charge in [-0.1, -0.05) is 32.1 Å². The lowest BCUT2D eigenvalue weighted by molar-refractivity contribution is -0.123. The van der Waals surface area contributed by atoms with Gasteiger partial charge in [-0.3, -0.25) is 14.4 Å². The Morgan fingerprint density at radius 3 is 2.37 bits per heavy atom. The van der Waals surface area contributed by atoms with Crippen LogP contribution in [0.15, 0.2) is 41.2 Å². The number of ether oxygens (including phenoxy) is 3. The van der Waals surface area contributed by atoms with Crippen LogP contribution in [-0.4, -0.2) is 45.7 Å². The average Bonchev–Trinajstić information content (AvgIpc) is 3.53. The molecular weight excluding hydrogens is 546 g/mol. The number of fused-ring (bicyclic) bond motifs is 5. The molecule has 3 aliphatic rings. The maximum absolute atomic E-state index is 13.8. The Kier molecular flexibility index (Phi) is 8.99. The molecule has 0 radical (unpaired) electrons. The number of carbonyl (C=O) groups is 2. The van der Waals surface area contributed by atoms with E-state index in [1.54, 1.807) is 33.5 Å². The zero-order valence-corrected chi connectivity index (χ0v) is 25.9. The molecule has 2 aromatic rings. The molecule has 0 saturated heterocycles. The Bertz CT molecular complexity index is 1490. The van der Waals surface area contributed by atoms with Crippen LogP contribution in [0.3, 0.4) is 0 Å². The highest BCUT2D eigenvalue weighted by molar-refractivity contribution is 5.86. The number of hydrogen-bond donors (Lipinski definition) is 3. The quantitative estimate of drug-likeness (QED) is 0.346. The number of carbonyl (C=O) groups excluding carboxylic acids is 2. The van der Waals surface area contributed by atoms with Crippen molar-refractivity contribution in [2.45, 2.75) is 58.5 Å². The topological polar surface area (TPSA) is 115 Å². The molecule has 5 atom stereocenters. The predicted octanol–water partition coefficient (Wildman–Crippen LogP) is 4.63. The maximum Gasteiger partial charge on any atom is 0.242 e. The Morgan fingerprint density at radius 1 is 1.00 bits per heavy atom. The van der Waals surface area contributed by atoms with Crippen molar-refractivity contribution in [3.8, 4) is 28.4 Å². The third-order valence-corrected chi connectivity index (χ3v) is 9.13. The van der Waals surface area contributed by atoms with Crippen LogP contribution in [0.2, 0.25) is 0 Å². The number of hydrogen-bond acceptors (Lipinski definition) is 7. The van der Waals surface area contributed by atoms with Crippen molar-refractivity contribution in [2.75, 3.05) is 33.2 Å². The van der Waals surface area contributed by atoms with Crippen LogP contribution in [0.1, 0.15) is 57.2 Å². The van der Waals surface area contributed by atoms with Crippen molar-refractivity contribution in [3.63, 3.8) is 0 Å². The van der Waals surface area contributed by atoms with E-state index >= 15 is 0 Å². The molecule has 0 aliphatic heterocycles. The molecule has 0 unspecified atom stereocenters. The molecule has 0 spiro atoms. The molecule has 0 heterocycles. The summed E-state index contributed by atoms with van der Waals surface area (Å²) in [6, 6.07) is 6.08. The lowest BCUT2D eigenvalue weighted by Gasteiger charge is -2.24. The van der Waals surface area contributed by atoms with Gasteiger partial charge in [0.15, 0.2) is 11.5 Å². The molecule has 3 N–H and O–H groups in total. The number of aryl methyl sites for hydroxylation is 1. The molecule has 0 aromatic heterocycles. The SMILES string of the molecule is COc1cc2c(c(OC)c1OC)-c1ccc(N[C@H](C(=O)NC[C@@H]3C[C@@H]4C=C[C@H]3C4)C(C)C)c(=O)cc1[C@@H](NC(C)=O)CC2. The Labute approximate surface area is 253 Å². The van der Waals surface area contributed by atoms with Gasteiger partial charge in [0, 0.05) is 19.0 Å². The van der Waals surface area contributed by atoms with Crippen LogP contribution >= 0.6 is 0 Å². The standard InChI is InChI=1S/C34H43N3O6/c1-18(2)31(34(40)35-17-23-14-20-7-8-21(23)13-20)37-27-12-10-24-25(16-28(27)39)26(36-19(3)38)11-9-22-15-29(41-4)32(42-5)33(43-6)30(22)24/h7-8,10,12,15-16,18,20-21,23,26,31H,9,11,13-14,17H2,1-6H3,(H,35,40)(H,36,38)(H,37,39)/t20-,21+,23+,26+,31+/m1/s1. The van der Waals surface area contributed by atoms with Gasteiger partial charge in [-0.2, -0.15) is 0 Å². The molecule has 1 saturated carbocycles. The van der Waals surface area contributed by atoms with Gasteiger partial charge >= 0.3 is 0 Å². The third-order valence-electron chi connectivity index (χ3n) is 9.13. The van der Waals surface area contributed by atoms with Crippen molar-refractivity contribution >= 4 is 17.5 Å². The van der Waals surface area contributed by atoms with E-state index in [-0.39, 0.29) is 23.2 Å². The highest BCUT2D eigenvalue weighted by Crippen LogP contribution is 2.50.